The number of nitrogens with zero attached hydrogens (tertiary/aromatic N) is 3. The lowest BCUT2D eigenvalue weighted by Crippen LogP contribution is -2.29. The van der Waals surface area contributed by atoms with Crippen LogP contribution in [0.25, 0.3) is 22.7 Å². The number of carbonyl (C=O) groups excluding carboxylic acids is 1. The molecule has 1 saturated heterocycles. The molecule has 3 heterocycles. The van der Waals surface area contributed by atoms with Crippen LogP contribution in [0.5, 0.6) is 0 Å². The molecule has 0 atom stereocenters. The number of urea groups is 1. The Hall–Kier alpha value is -4.15. The standard InChI is InChI=1S/C25H21F4N5O2/c26-20-9-8-17(32-24(35)31-16-6-4-15(5-7-16)25(27,28)29)12-19(20)23-33-22-21(36-23)13-18(14-30-22)34-10-2-1-3-11-34/h4-9,12-14H,1-3,10-11H2,(H2,31,32,35). The molecule has 0 bridgehead atoms. The monoisotopic (exact) mass is 499 g/mol. The number of carbonyl (C=O) groups is 1. The van der Waals surface area contributed by atoms with Gasteiger partial charge in [-0.05, 0) is 61.7 Å². The molecule has 0 saturated carbocycles. The summed E-state index contributed by atoms with van der Waals surface area (Å²) in [5, 5.41) is 4.96. The number of hydrogen-bond acceptors (Lipinski definition) is 5. The van der Waals surface area contributed by atoms with E-state index < -0.39 is 23.6 Å². The van der Waals surface area contributed by atoms with Gasteiger partial charge in [-0.3, -0.25) is 0 Å². The summed E-state index contributed by atoms with van der Waals surface area (Å²) in [6, 6.07) is 9.00. The van der Waals surface area contributed by atoms with Gasteiger partial charge in [0, 0.05) is 30.5 Å². The summed E-state index contributed by atoms with van der Waals surface area (Å²) in [4.78, 5) is 23.2. The van der Waals surface area contributed by atoms with Gasteiger partial charge in [0.05, 0.1) is 23.0 Å². The molecule has 7 nitrogen and oxygen atoms in total. The first kappa shape index (κ1) is 23.6. The Balaban J connectivity index is 1.32. The van der Waals surface area contributed by atoms with E-state index in [-0.39, 0.29) is 22.8 Å². The van der Waals surface area contributed by atoms with Crippen molar-refractivity contribution < 1.29 is 26.8 Å². The van der Waals surface area contributed by atoms with E-state index in [2.05, 4.69) is 25.5 Å². The fourth-order valence-corrected chi connectivity index (χ4v) is 4.05. The number of halogens is 4. The van der Waals surface area contributed by atoms with Gasteiger partial charge in [-0.2, -0.15) is 18.2 Å². The first-order valence-electron chi connectivity index (χ1n) is 11.3. The van der Waals surface area contributed by atoms with Gasteiger partial charge in [0.25, 0.3) is 0 Å². The lowest BCUT2D eigenvalue weighted by molar-refractivity contribution is -0.137. The van der Waals surface area contributed by atoms with Gasteiger partial charge in [0.15, 0.2) is 11.2 Å². The Morgan fingerprint density at radius 1 is 0.944 bits per heavy atom. The van der Waals surface area contributed by atoms with Gasteiger partial charge in [-0.15, -0.1) is 0 Å². The zero-order valence-corrected chi connectivity index (χ0v) is 18.9. The second-order valence-corrected chi connectivity index (χ2v) is 8.43. The maximum absolute atomic E-state index is 14.6. The number of alkyl halides is 3. The molecule has 11 heteroatoms. The average molecular weight is 499 g/mol. The topological polar surface area (TPSA) is 83.3 Å². The lowest BCUT2D eigenvalue weighted by atomic mass is 10.1. The van der Waals surface area contributed by atoms with Crippen LogP contribution in [0.15, 0.2) is 59.1 Å². The fourth-order valence-electron chi connectivity index (χ4n) is 4.05. The molecule has 1 fully saturated rings. The summed E-state index contributed by atoms with van der Waals surface area (Å²) in [5.74, 6) is -0.593. The number of hydrogen-bond donors (Lipinski definition) is 2. The molecular formula is C25H21F4N5O2. The number of aromatic nitrogens is 2. The van der Waals surface area contributed by atoms with Crippen molar-refractivity contribution in [1.82, 2.24) is 9.97 Å². The smallest absolute Gasteiger partial charge is 0.416 e. The van der Waals surface area contributed by atoms with Crippen LogP contribution in [0.3, 0.4) is 0 Å². The van der Waals surface area contributed by atoms with Gasteiger partial charge in [0.2, 0.25) is 5.89 Å². The lowest BCUT2D eigenvalue weighted by Gasteiger charge is -2.28. The van der Waals surface area contributed by atoms with Crippen molar-refractivity contribution in [2.24, 2.45) is 0 Å². The molecule has 36 heavy (non-hydrogen) atoms. The summed E-state index contributed by atoms with van der Waals surface area (Å²) in [6.45, 7) is 1.87. The van der Waals surface area contributed by atoms with Crippen molar-refractivity contribution in [3.63, 3.8) is 0 Å². The van der Waals surface area contributed by atoms with E-state index in [9.17, 15) is 22.4 Å². The minimum Gasteiger partial charge on any atom is -0.434 e. The van der Waals surface area contributed by atoms with Crippen molar-refractivity contribution >= 4 is 34.3 Å². The van der Waals surface area contributed by atoms with Crippen molar-refractivity contribution in [1.29, 1.82) is 0 Å². The van der Waals surface area contributed by atoms with Crippen LogP contribution < -0.4 is 15.5 Å². The summed E-state index contributed by atoms with van der Waals surface area (Å²) in [7, 11) is 0. The number of oxazole rings is 1. The van der Waals surface area contributed by atoms with Crippen LogP contribution in [0.4, 0.5) is 39.4 Å². The summed E-state index contributed by atoms with van der Waals surface area (Å²) in [6.07, 6.45) is 0.666. The van der Waals surface area contributed by atoms with Crippen LogP contribution in [0.2, 0.25) is 0 Å². The van der Waals surface area contributed by atoms with Crippen LogP contribution in [-0.4, -0.2) is 29.1 Å². The zero-order chi connectivity index (χ0) is 25.3. The highest BCUT2D eigenvalue weighted by Crippen LogP contribution is 2.31. The quantitative estimate of drug-likeness (QED) is 0.306. The molecule has 186 valence electrons. The molecule has 0 radical (unpaired) electrons. The van der Waals surface area contributed by atoms with E-state index in [0.29, 0.717) is 11.2 Å². The molecule has 1 aliphatic rings. The molecule has 4 aromatic rings. The minimum absolute atomic E-state index is 0.0117. The van der Waals surface area contributed by atoms with E-state index in [1.807, 2.05) is 6.07 Å². The molecule has 2 N–H and O–H groups in total. The van der Waals surface area contributed by atoms with Crippen LogP contribution >= 0.6 is 0 Å². The first-order chi connectivity index (χ1) is 17.3. The van der Waals surface area contributed by atoms with E-state index in [4.69, 9.17) is 4.42 Å². The normalized spacial score (nSPS) is 14.2. The van der Waals surface area contributed by atoms with E-state index in [1.54, 1.807) is 6.20 Å². The van der Waals surface area contributed by atoms with Gasteiger partial charge >= 0.3 is 12.2 Å². The Bertz CT molecular complexity index is 1400. The summed E-state index contributed by atoms with van der Waals surface area (Å²) in [5.41, 5.74) is 1.28. The number of benzene rings is 2. The third kappa shape index (κ3) is 5.09. The van der Waals surface area contributed by atoms with Crippen LogP contribution in [-0.2, 0) is 6.18 Å². The maximum Gasteiger partial charge on any atom is 0.416 e. The number of pyridine rings is 1. The second kappa shape index (κ2) is 9.48. The van der Waals surface area contributed by atoms with Crippen molar-refractivity contribution in [3.05, 3.63) is 66.1 Å². The van der Waals surface area contributed by atoms with Crippen molar-refractivity contribution in [2.75, 3.05) is 28.6 Å². The highest BCUT2D eigenvalue weighted by Gasteiger charge is 2.30. The van der Waals surface area contributed by atoms with E-state index >= 15 is 0 Å². The van der Waals surface area contributed by atoms with Gasteiger partial charge in [0.1, 0.15) is 5.82 Å². The van der Waals surface area contributed by atoms with Crippen LogP contribution in [0, 0.1) is 5.82 Å². The average Bonchev–Trinajstić information content (AvgIpc) is 3.29. The Morgan fingerprint density at radius 2 is 1.64 bits per heavy atom. The number of fused-ring (bicyclic) bond motifs is 1. The zero-order valence-electron chi connectivity index (χ0n) is 18.9. The van der Waals surface area contributed by atoms with E-state index in [0.717, 1.165) is 62.0 Å². The highest BCUT2D eigenvalue weighted by molar-refractivity contribution is 6.00. The fraction of sp³-hybridized carbons (Fsp3) is 0.240. The van der Waals surface area contributed by atoms with Gasteiger partial charge in [-0.1, -0.05) is 0 Å². The predicted octanol–water partition coefficient (Wildman–Crippen LogP) is 6.68. The Kier molecular flexibility index (Phi) is 6.21. The highest BCUT2D eigenvalue weighted by atomic mass is 19.4. The largest absolute Gasteiger partial charge is 0.434 e. The number of piperidine rings is 1. The first-order valence-corrected chi connectivity index (χ1v) is 11.3. The molecule has 1 aliphatic heterocycles. The van der Waals surface area contributed by atoms with Crippen molar-refractivity contribution in [3.8, 4) is 11.5 Å². The third-order valence-electron chi connectivity index (χ3n) is 5.88. The molecule has 2 aromatic heterocycles. The van der Waals surface area contributed by atoms with Gasteiger partial charge in [-0.25, -0.2) is 14.2 Å². The minimum atomic E-state index is -4.47. The summed E-state index contributed by atoms with van der Waals surface area (Å²) < 4.78 is 58.5. The number of amides is 2. The molecule has 2 aromatic carbocycles. The number of anilines is 3. The maximum atomic E-state index is 14.6. The number of rotatable bonds is 4. The third-order valence-corrected chi connectivity index (χ3v) is 5.88. The van der Waals surface area contributed by atoms with Gasteiger partial charge < -0.3 is 20.0 Å². The Labute approximate surface area is 203 Å². The molecule has 2 amide bonds. The SMILES string of the molecule is O=C(Nc1ccc(C(F)(F)F)cc1)Nc1ccc(F)c(-c2nc3ncc(N4CCCCC4)cc3o2)c1. The second-order valence-electron chi connectivity index (χ2n) is 8.43. The van der Waals surface area contributed by atoms with Crippen molar-refractivity contribution in [2.45, 2.75) is 25.4 Å². The Morgan fingerprint density at radius 3 is 2.36 bits per heavy atom. The predicted molar refractivity (Wildman–Crippen MR) is 127 cm³/mol. The molecular weight excluding hydrogens is 478 g/mol. The number of nitrogens with one attached hydrogen (secondary N) is 2. The van der Waals surface area contributed by atoms with Crippen LogP contribution in [0.1, 0.15) is 24.8 Å². The molecule has 0 unspecified atom stereocenters. The molecule has 0 aliphatic carbocycles. The van der Waals surface area contributed by atoms with E-state index in [1.165, 1.54) is 18.6 Å². The summed E-state index contributed by atoms with van der Waals surface area (Å²) >= 11 is 0. The molecule has 5 rings (SSSR count). The molecule has 0 spiro atoms.